The van der Waals surface area contributed by atoms with Crippen LogP contribution >= 0.6 is 23.6 Å². The van der Waals surface area contributed by atoms with Crippen LogP contribution in [0.15, 0.2) is 54.6 Å². The molecule has 0 saturated heterocycles. The Balaban J connectivity index is 1.57. The number of hydrogen-bond donors (Lipinski definition) is 2. The highest BCUT2D eigenvalue weighted by molar-refractivity contribution is 7.80. The zero-order chi connectivity index (χ0) is 19.8. The molecule has 0 atom stereocenters. The van der Waals surface area contributed by atoms with Crippen molar-refractivity contribution in [3.05, 3.63) is 70.7 Å². The maximum absolute atomic E-state index is 12.6. The molecule has 0 radical (unpaired) electrons. The number of rotatable bonds is 7. The minimum Gasteiger partial charge on any atom is -0.492 e. The van der Waals surface area contributed by atoms with E-state index in [-0.39, 0.29) is 11.0 Å². The van der Waals surface area contributed by atoms with Crippen molar-refractivity contribution in [3.8, 4) is 5.75 Å². The Hall–Kier alpha value is -2.84. The van der Waals surface area contributed by atoms with E-state index in [0.717, 1.165) is 17.8 Å². The molecule has 0 aliphatic carbocycles. The van der Waals surface area contributed by atoms with Gasteiger partial charge in [0.1, 0.15) is 10.8 Å². The van der Waals surface area contributed by atoms with Crippen LogP contribution in [-0.4, -0.2) is 27.8 Å². The highest BCUT2D eigenvalue weighted by Gasteiger charge is 2.14. The Morgan fingerprint density at radius 3 is 2.61 bits per heavy atom. The van der Waals surface area contributed by atoms with Gasteiger partial charge in [-0.15, -0.1) is 10.2 Å². The predicted octanol–water partition coefficient (Wildman–Crippen LogP) is 3.85. The number of aromatic nitrogens is 2. The first-order valence-electron chi connectivity index (χ1n) is 8.86. The van der Waals surface area contributed by atoms with Gasteiger partial charge < -0.3 is 10.1 Å². The van der Waals surface area contributed by atoms with Gasteiger partial charge >= 0.3 is 0 Å². The van der Waals surface area contributed by atoms with Gasteiger partial charge in [-0.2, -0.15) is 0 Å². The summed E-state index contributed by atoms with van der Waals surface area (Å²) in [7, 11) is 0. The van der Waals surface area contributed by atoms with Gasteiger partial charge in [-0.1, -0.05) is 60.7 Å². The second-order valence-electron chi connectivity index (χ2n) is 5.84. The fourth-order valence-electron chi connectivity index (χ4n) is 2.45. The lowest BCUT2D eigenvalue weighted by molar-refractivity contribution is 0.0974. The standard InChI is InChI=1S/C20H20N4O2S2/c1-2-17-23-24-20(28-17)22-19(27)21-18(25)15-10-6-7-11-16(15)26-13-12-14-8-4-3-5-9-14/h3-11H,2,12-13H2,1H3,(H2,21,22,24,25,27). The summed E-state index contributed by atoms with van der Waals surface area (Å²) in [5, 5.41) is 15.2. The highest BCUT2D eigenvalue weighted by atomic mass is 32.1. The molecule has 0 aliphatic rings. The Labute approximate surface area is 173 Å². The van der Waals surface area contributed by atoms with Crippen LogP contribution in [0.5, 0.6) is 5.75 Å². The largest absolute Gasteiger partial charge is 0.492 e. The fraction of sp³-hybridized carbons (Fsp3) is 0.200. The Bertz CT molecular complexity index is 944. The first-order valence-corrected chi connectivity index (χ1v) is 10.1. The highest BCUT2D eigenvalue weighted by Crippen LogP contribution is 2.19. The van der Waals surface area contributed by atoms with Gasteiger partial charge in [0.05, 0.1) is 12.2 Å². The van der Waals surface area contributed by atoms with Crippen LogP contribution in [0.3, 0.4) is 0 Å². The molecule has 28 heavy (non-hydrogen) atoms. The van der Waals surface area contributed by atoms with E-state index in [0.29, 0.717) is 23.1 Å². The molecule has 1 aromatic heterocycles. The number of aryl methyl sites for hydroxylation is 1. The topological polar surface area (TPSA) is 76.1 Å². The number of thiocarbonyl (C=S) groups is 1. The second-order valence-corrected chi connectivity index (χ2v) is 7.31. The van der Waals surface area contributed by atoms with E-state index in [1.807, 2.05) is 43.3 Å². The summed E-state index contributed by atoms with van der Waals surface area (Å²) in [4.78, 5) is 12.6. The fourth-order valence-corrected chi connectivity index (χ4v) is 3.39. The van der Waals surface area contributed by atoms with Crippen molar-refractivity contribution in [2.45, 2.75) is 19.8 Å². The first-order chi connectivity index (χ1) is 13.7. The lowest BCUT2D eigenvalue weighted by Crippen LogP contribution is -2.34. The Kier molecular flexibility index (Phi) is 7.05. The van der Waals surface area contributed by atoms with Gasteiger partial charge in [0.15, 0.2) is 5.11 Å². The number of para-hydroxylation sites is 1. The smallest absolute Gasteiger partial charge is 0.261 e. The van der Waals surface area contributed by atoms with E-state index in [2.05, 4.69) is 20.8 Å². The normalized spacial score (nSPS) is 10.3. The molecular formula is C20H20N4O2S2. The van der Waals surface area contributed by atoms with Crippen molar-refractivity contribution in [1.82, 2.24) is 15.5 Å². The summed E-state index contributed by atoms with van der Waals surface area (Å²) < 4.78 is 5.84. The molecule has 3 rings (SSSR count). The number of carbonyl (C=O) groups excluding carboxylic acids is 1. The van der Waals surface area contributed by atoms with Crippen LogP contribution in [0.2, 0.25) is 0 Å². The van der Waals surface area contributed by atoms with E-state index in [4.69, 9.17) is 17.0 Å². The minimum absolute atomic E-state index is 0.169. The van der Waals surface area contributed by atoms with E-state index in [1.165, 1.54) is 16.9 Å². The molecule has 0 saturated carbocycles. The van der Waals surface area contributed by atoms with E-state index < -0.39 is 0 Å². The van der Waals surface area contributed by atoms with E-state index in [1.54, 1.807) is 18.2 Å². The average molecular weight is 413 g/mol. The number of hydrogen-bond acceptors (Lipinski definition) is 6. The maximum atomic E-state index is 12.6. The SMILES string of the molecule is CCc1nnc(NC(=S)NC(=O)c2ccccc2OCCc2ccccc2)s1. The summed E-state index contributed by atoms with van der Waals surface area (Å²) in [5.41, 5.74) is 1.60. The molecule has 0 bridgehead atoms. The number of carbonyl (C=O) groups is 1. The van der Waals surface area contributed by atoms with Crippen molar-refractivity contribution in [2.24, 2.45) is 0 Å². The molecule has 0 unspecified atom stereocenters. The molecule has 0 fully saturated rings. The molecule has 2 N–H and O–H groups in total. The third-order valence-electron chi connectivity index (χ3n) is 3.84. The van der Waals surface area contributed by atoms with Gasteiger partial charge in [-0.3, -0.25) is 10.1 Å². The number of amides is 1. The molecule has 0 spiro atoms. The van der Waals surface area contributed by atoms with E-state index >= 15 is 0 Å². The summed E-state index contributed by atoms with van der Waals surface area (Å²) in [6, 6.07) is 17.1. The van der Waals surface area contributed by atoms with Crippen LogP contribution in [0, 0.1) is 0 Å². The minimum atomic E-state index is -0.340. The average Bonchev–Trinajstić information content (AvgIpc) is 3.16. The molecule has 1 amide bonds. The molecule has 6 nitrogen and oxygen atoms in total. The quantitative estimate of drug-likeness (QED) is 0.574. The third kappa shape index (κ3) is 5.58. The summed E-state index contributed by atoms with van der Waals surface area (Å²) in [6.07, 6.45) is 1.56. The molecule has 144 valence electrons. The van der Waals surface area contributed by atoms with Crippen LogP contribution in [0.25, 0.3) is 0 Å². The number of benzene rings is 2. The summed E-state index contributed by atoms with van der Waals surface area (Å²) in [5.74, 6) is 0.177. The van der Waals surface area contributed by atoms with Crippen molar-refractivity contribution in [1.29, 1.82) is 0 Å². The maximum Gasteiger partial charge on any atom is 0.261 e. The lowest BCUT2D eigenvalue weighted by atomic mass is 10.1. The van der Waals surface area contributed by atoms with Crippen molar-refractivity contribution in [3.63, 3.8) is 0 Å². The molecule has 8 heteroatoms. The second kappa shape index (κ2) is 9.91. The third-order valence-corrected chi connectivity index (χ3v) is 5.03. The van der Waals surface area contributed by atoms with Crippen LogP contribution in [-0.2, 0) is 12.8 Å². The van der Waals surface area contributed by atoms with Gasteiger partial charge in [0.25, 0.3) is 5.91 Å². The van der Waals surface area contributed by atoms with Gasteiger partial charge in [0.2, 0.25) is 5.13 Å². The first kappa shape index (κ1) is 19.9. The predicted molar refractivity (Wildman–Crippen MR) is 115 cm³/mol. The van der Waals surface area contributed by atoms with Crippen molar-refractivity contribution >= 4 is 39.7 Å². The number of nitrogens with zero attached hydrogens (tertiary/aromatic N) is 2. The van der Waals surface area contributed by atoms with Gasteiger partial charge in [-0.05, 0) is 36.3 Å². The van der Waals surface area contributed by atoms with Gasteiger partial charge in [-0.25, -0.2) is 0 Å². The molecule has 3 aromatic rings. The van der Waals surface area contributed by atoms with Crippen LogP contribution < -0.4 is 15.4 Å². The van der Waals surface area contributed by atoms with E-state index in [9.17, 15) is 4.79 Å². The zero-order valence-corrected chi connectivity index (χ0v) is 17.0. The summed E-state index contributed by atoms with van der Waals surface area (Å²) in [6.45, 7) is 2.47. The zero-order valence-electron chi connectivity index (χ0n) is 15.3. The Morgan fingerprint density at radius 1 is 1.11 bits per heavy atom. The number of ether oxygens (including phenoxy) is 1. The lowest BCUT2D eigenvalue weighted by Gasteiger charge is -2.12. The summed E-state index contributed by atoms with van der Waals surface area (Å²) >= 11 is 6.61. The monoisotopic (exact) mass is 412 g/mol. The van der Waals surface area contributed by atoms with Crippen molar-refractivity contribution < 1.29 is 9.53 Å². The van der Waals surface area contributed by atoms with Crippen molar-refractivity contribution in [2.75, 3.05) is 11.9 Å². The van der Waals surface area contributed by atoms with Gasteiger partial charge in [0, 0.05) is 6.42 Å². The van der Waals surface area contributed by atoms with Crippen LogP contribution in [0.1, 0.15) is 27.9 Å². The molecule has 1 heterocycles. The molecule has 2 aromatic carbocycles. The van der Waals surface area contributed by atoms with Crippen LogP contribution in [0.4, 0.5) is 5.13 Å². The molecule has 0 aliphatic heterocycles. The molecular weight excluding hydrogens is 392 g/mol. The number of anilines is 1. The Morgan fingerprint density at radius 2 is 1.86 bits per heavy atom. The number of nitrogens with one attached hydrogen (secondary N) is 2.